The minimum absolute atomic E-state index is 0.0715. The lowest BCUT2D eigenvalue weighted by Gasteiger charge is -2.42. The smallest absolute Gasteiger partial charge is 0.229 e. The molecule has 1 amide bonds. The topological polar surface area (TPSA) is 47.3 Å². The fourth-order valence-corrected chi connectivity index (χ4v) is 5.34. The van der Waals surface area contributed by atoms with Gasteiger partial charge < -0.3 is 4.90 Å². The molecule has 0 saturated carbocycles. The Kier molecular flexibility index (Phi) is 5.72. The molecule has 28 heavy (non-hydrogen) atoms. The first-order valence-electron chi connectivity index (χ1n) is 8.82. The summed E-state index contributed by atoms with van der Waals surface area (Å²) in [6.07, 6.45) is 2.37. The Balaban J connectivity index is 1.63. The van der Waals surface area contributed by atoms with Crippen molar-refractivity contribution in [2.75, 3.05) is 23.7 Å². The zero-order valence-electron chi connectivity index (χ0n) is 15.3. The molecule has 2 aromatic rings. The van der Waals surface area contributed by atoms with Crippen molar-refractivity contribution >= 4 is 51.0 Å². The predicted molar refractivity (Wildman–Crippen MR) is 119 cm³/mol. The molecule has 2 aromatic carbocycles. The normalized spacial score (nSPS) is 19.5. The molecule has 1 atom stereocenters. The summed E-state index contributed by atoms with van der Waals surface area (Å²) in [4.78, 5) is 18.1. The minimum atomic E-state index is -0.161. The monoisotopic (exact) mass is 471 g/mol. The second-order valence-electron chi connectivity index (χ2n) is 6.61. The van der Waals surface area contributed by atoms with Crippen LogP contribution in [0.2, 0.25) is 0 Å². The van der Waals surface area contributed by atoms with Crippen LogP contribution < -0.4 is 4.90 Å². The molecule has 0 bridgehead atoms. The number of fused-ring (bicyclic) bond motifs is 1. The van der Waals surface area contributed by atoms with Crippen molar-refractivity contribution < 1.29 is 4.79 Å². The second kappa shape index (κ2) is 8.24. The molecule has 1 fully saturated rings. The number of thioether (sulfide) groups is 2. The summed E-state index contributed by atoms with van der Waals surface area (Å²) < 4.78 is 1.03. The molecule has 1 saturated heterocycles. The zero-order valence-corrected chi connectivity index (χ0v) is 18.5. The average molecular weight is 472 g/mol. The summed E-state index contributed by atoms with van der Waals surface area (Å²) in [6.45, 7) is 0.478. The number of hydrogen-bond acceptors (Lipinski definition) is 5. The van der Waals surface area contributed by atoms with E-state index in [0.717, 1.165) is 20.8 Å². The Morgan fingerprint density at radius 2 is 1.89 bits per heavy atom. The van der Waals surface area contributed by atoms with Gasteiger partial charge in [-0.3, -0.25) is 9.69 Å². The number of rotatable bonds is 3. The van der Waals surface area contributed by atoms with Crippen LogP contribution in [0.3, 0.4) is 0 Å². The van der Waals surface area contributed by atoms with Gasteiger partial charge in [-0.05, 0) is 48.2 Å². The molecule has 0 radical (unpaired) electrons. The van der Waals surface area contributed by atoms with E-state index in [4.69, 9.17) is 0 Å². The molecule has 0 N–H and O–H groups in total. The van der Waals surface area contributed by atoms with E-state index < -0.39 is 0 Å². The van der Waals surface area contributed by atoms with Gasteiger partial charge in [0.15, 0.2) is 0 Å². The van der Waals surface area contributed by atoms with Gasteiger partial charge in [0, 0.05) is 27.4 Å². The van der Waals surface area contributed by atoms with Gasteiger partial charge in [0.2, 0.25) is 5.91 Å². The predicted octanol–water partition coefficient (Wildman–Crippen LogP) is 5.39. The standard InChI is InChI=1S/C21H18BrN3OS2/c1-27-17-8-2-14(3-9-17)18-10-20(26)25-12-24(13-28-21(25)19(18)11-23)16-6-4-15(22)5-7-16/h2-9,18H,10,12-13H2,1H3. The van der Waals surface area contributed by atoms with Crippen LogP contribution in [-0.4, -0.2) is 29.6 Å². The summed E-state index contributed by atoms with van der Waals surface area (Å²) >= 11 is 6.71. The highest BCUT2D eigenvalue weighted by Crippen LogP contribution is 2.43. The van der Waals surface area contributed by atoms with Crippen molar-refractivity contribution in [2.24, 2.45) is 0 Å². The molecule has 142 valence electrons. The van der Waals surface area contributed by atoms with E-state index >= 15 is 0 Å². The molecule has 7 heteroatoms. The molecule has 2 heterocycles. The largest absolute Gasteiger partial charge is 0.344 e. The third-order valence-electron chi connectivity index (χ3n) is 5.00. The second-order valence-corrected chi connectivity index (χ2v) is 9.34. The number of nitriles is 1. The van der Waals surface area contributed by atoms with Crippen molar-refractivity contribution in [1.82, 2.24) is 4.90 Å². The number of nitrogens with zero attached hydrogens (tertiary/aromatic N) is 3. The number of carbonyl (C=O) groups excluding carboxylic acids is 1. The Morgan fingerprint density at radius 3 is 2.54 bits per heavy atom. The molecule has 0 aliphatic carbocycles. The molecule has 4 rings (SSSR count). The lowest BCUT2D eigenvalue weighted by Crippen LogP contribution is -2.47. The van der Waals surface area contributed by atoms with Crippen LogP contribution in [0.4, 0.5) is 5.69 Å². The first-order chi connectivity index (χ1) is 13.6. The number of hydrogen-bond donors (Lipinski definition) is 0. The molecule has 0 spiro atoms. The van der Waals surface area contributed by atoms with Crippen LogP contribution in [0.25, 0.3) is 0 Å². The number of anilines is 1. The number of carbonyl (C=O) groups is 1. The average Bonchev–Trinajstić information content (AvgIpc) is 2.74. The minimum Gasteiger partial charge on any atom is -0.344 e. The Bertz CT molecular complexity index is 967. The third kappa shape index (κ3) is 3.69. The number of allylic oxidation sites excluding steroid dienone is 1. The summed E-state index contributed by atoms with van der Waals surface area (Å²) in [7, 11) is 0. The maximum Gasteiger partial charge on any atom is 0.229 e. The highest BCUT2D eigenvalue weighted by Gasteiger charge is 2.38. The molecule has 2 aliphatic rings. The Morgan fingerprint density at radius 1 is 1.18 bits per heavy atom. The Labute approximate surface area is 181 Å². The first kappa shape index (κ1) is 19.4. The van der Waals surface area contributed by atoms with Crippen LogP contribution in [-0.2, 0) is 4.79 Å². The maximum atomic E-state index is 13.0. The molecule has 0 aromatic heterocycles. The van der Waals surface area contributed by atoms with Crippen LogP contribution in [0.5, 0.6) is 0 Å². The third-order valence-corrected chi connectivity index (χ3v) is 7.43. The van der Waals surface area contributed by atoms with E-state index in [0.29, 0.717) is 24.5 Å². The maximum absolute atomic E-state index is 13.0. The highest BCUT2D eigenvalue weighted by molar-refractivity contribution is 9.10. The van der Waals surface area contributed by atoms with Crippen molar-refractivity contribution in [3.63, 3.8) is 0 Å². The SMILES string of the molecule is CSc1ccc(C2CC(=O)N3CN(c4ccc(Br)cc4)CSC3=C2C#N)cc1. The van der Waals surface area contributed by atoms with Gasteiger partial charge in [-0.1, -0.05) is 39.8 Å². The summed E-state index contributed by atoms with van der Waals surface area (Å²) in [5.74, 6) is 0.623. The van der Waals surface area contributed by atoms with Gasteiger partial charge in [-0.2, -0.15) is 5.26 Å². The van der Waals surface area contributed by atoms with Crippen LogP contribution in [0, 0.1) is 11.3 Å². The lowest BCUT2D eigenvalue weighted by molar-refractivity contribution is -0.129. The van der Waals surface area contributed by atoms with Gasteiger partial charge in [-0.15, -0.1) is 11.8 Å². The molecular formula is C21H18BrN3OS2. The number of amides is 1. The zero-order chi connectivity index (χ0) is 19.7. The fourth-order valence-electron chi connectivity index (χ4n) is 3.50. The van der Waals surface area contributed by atoms with Gasteiger partial charge in [0.25, 0.3) is 0 Å². The highest BCUT2D eigenvalue weighted by atomic mass is 79.9. The van der Waals surface area contributed by atoms with E-state index in [-0.39, 0.29) is 11.8 Å². The van der Waals surface area contributed by atoms with E-state index in [1.807, 2.05) is 42.7 Å². The lowest BCUT2D eigenvalue weighted by atomic mass is 9.86. The van der Waals surface area contributed by atoms with E-state index in [1.165, 1.54) is 4.90 Å². The van der Waals surface area contributed by atoms with Crippen LogP contribution in [0.15, 0.2) is 68.5 Å². The van der Waals surface area contributed by atoms with Crippen molar-refractivity contribution in [2.45, 2.75) is 17.2 Å². The summed E-state index contributed by atoms with van der Waals surface area (Å²) in [5.41, 5.74) is 2.80. The molecule has 1 unspecified atom stereocenters. The van der Waals surface area contributed by atoms with Gasteiger partial charge in [0.05, 0.1) is 29.2 Å². The van der Waals surface area contributed by atoms with E-state index in [1.54, 1.807) is 28.4 Å². The van der Waals surface area contributed by atoms with Crippen molar-refractivity contribution in [3.8, 4) is 6.07 Å². The molecular weight excluding hydrogens is 454 g/mol. The summed E-state index contributed by atoms with van der Waals surface area (Å²) in [5, 5.41) is 10.7. The van der Waals surface area contributed by atoms with Crippen molar-refractivity contribution in [3.05, 3.63) is 69.2 Å². The fraction of sp³-hybridized carbons (Fsp3) is 0.238. The molecule has 2 aliphatic heterocycles. The van der Waals surface area contributed by atoms with Crippen LogP contribution in [0.1, 0.15) is 17.9 Å². The van der Waals surface area contributed by atoms with Crippen LogP contribution >= 0.6 is 39.5 Å². The summed E-state index contributed by atoms with van der Waals surface area (Å²) in [6, 6.07) is 18.7. The van der Waals surface area contributed by atoms with Gasteiger partial charge in [0.1, 0.15) is 0 Å². The van der Waals surface area contributed by atoms with Crippen molar-refractivity contribution in [1.29, 1.82) is 5.26 Å². The van der Waals surface area contributed by atoms with Gasteiger partial charge >= 0.3 is 0 Å². The molecule has 4 nitrogen and oxygen atoms in total. The quantitative estimate of drug-likeness (QED) is 0.561. The Hall–Kier alpha value is -1.88. The first-order valence-corrected chi connectivity index (χ1v) is 11.8. The van der Waals surface area contributed by atoms with Gasteiger partial charge in [-0.25, -0.2) is 0 Å². The van der Waals surface area contributed by atoms with E-state index in [2.05, 4.69) is 39.0 Å². The van der Waals surface area contributed by atoms with E-state index in [9.17, 15) is 10.1 Å². The number of benzene rings is 2. The number of halogens is 1.